The lowest BCUT2D eigenvalue weighted by Crippen LogP contribution is -2.23. The summed E-state index contributed by atoms with van der Waals surface area (Å²) in [6.45, 7) is 3.90. The average molecular weight is 207 g/mol. The normalized spacial score (nSPS) is 12.1. The zero-order valence-electron chi connectivity index (χ0n) is 9.19. The van der Waals surface area contributed by atoms with E-state index in [4.69, 9.17) is 4.84 Å². The maximum Gasteiger partial charge on any atom is 0.324 e. The van der Waals surface area contributed by atoms with Crippen LogP contribution in [0.5, 0.6) is 0 Å². The molecule has 0 aliphatic rings. The third-order valence-electron chi connectivity index (χ3n) is 2.10. The van der Waals surface area contributed by atoms with Gasteiger partial charge in [-0.15, -0.1) is 5.48 Å². The van der Waals surface area contributed by atoms with Gasteiger partial charge in [-0.3, -0.25) is 4.79 Å². The molecule has 0 amide bonds. The van der Waals surface area contributed by atoms with E-state index >= 15 is 0 Å². The van der Waals surface area contributed by atoms with Crippen LogP contribution in [0.2, 0.25) is 0 Å². The van der Waals surface area contributed by atoms with E-state index in [0.29, 0.717) is 6.42 Å². The first kappa shape index (κ1) is 11.7. The van der Waals surface area contributed by atoms with E-state index in [9.17, 15) is 4.79 Å². The Bertz CT molecular complexity index is 298. The number of benzene rings is 1. The summed E-state index contributed by atoms with van der Waals surface area (Å²) in [6, 6.07) is 9.88. The van der Waals surface area contributed by atoms with Crippen molar-refractivity contribution in [3.63, 3.8) is 0 Å². The van der Waals surface area contributed by atoms with Gasteiger partial charge in [0.1, 0.15) is 0 Å². The van der Waals surface area contributed by atoms with Gasteiger partial charge in [0.25, 0.3) is 0 Å². The SMILES string of the molecule is CCCC(=O)ON[C@H](C)c1ccccc1. The second-order valence-electron chi connectivity index (χ2n) is 3.47. The summed E-state index contributed by atoms with van der Waals surface area (Å²) in [4.78, 5) is 16.0. The van der Waals surface area contributed by atoms with Crippen LogP contribution in [0.4, 0.5) is 0 Å². The summed E-state index contributed by atoms with van der Waals surface area (Å²) in [6.07, 6.45) is 1.26. The quantitative estimate of drug-likeness (QED) is 0.754. The first-order valence-electron chi connectivity index (χ1n) is 5.24. The summed E-state index contributed by atoms with van der Waals surface area (Å²) in [5.74, 6) is -0.208. The van der Waals surface area contributed by atoms with Crippen LogP contribution in [0.3, 0.4) is 0 Å². The lowest BCUT2D eigenvalue weighted by molar-refractivity contribution is -0.152. The molecule has 0 spiro atoms. The third-order valence-corrected chi connectivity index (χ3v) is 2.10. The Morgan fingerprint density at radius 2 is 2.07 bits per heavy atom. The number of nitrogens with one attached hydrogen (secondary N) is 1. The van der Waals surface area contributed by atoms with E-state index in [1.54, 1.807) is 0 Å². The maximum absolute atomic E-state index is 11.1. The Morgan fingerprint density at radius 3 is 2.67 bits per heavy atom. The van der Waals surface area contributed by atoms with Gasteiger partial charge in [0.15, 0.2) is 0 Å². The van der Waals surface area contributed by atoms with Crippen LogP contribution in [0.1, 0.15) is 38.3 Å². The van der Waals surface area contributed by atoms with Crippen LogP contribution < -0.4 is 5.48 Å². The Hall–Kier alpha value is -1.35. The first-order chi connectivity index (χ1) is 7.24. The van der Waals surface area contributed by atoms with Crippen molar-refractivity contribution in [3.05, 3.63) is 35.9 Å². The molecule has 0 unspecified atom stereocenters. The minimum Gasteiger partial charge on any atom is -0.370 e. The van der Waals surface area contributed by atoms with Gasteiger partial charge in [0.05, 0.1) is 6.04 Å². The molecule has 0 bridgehead atoms. The van der Waals surface area contributed by atoms with Gasteiger partial charge in [0.2, 0.25) is 0 Å². The smallest absolute Gasteiger partial charge is 0.324 e. The summed E-state index contributed by atoms with van der Waals surface area (Å²) in [5.41, 5.74) is 3.83. The van der Waals surface area contributed by atoms with Crippen LogP contribution in [-0.4, -0.2) is 5.97 Å². The van der Waals surface area contributed by atoms with E-state index in [0.717, 1.165) is 12.0 Å². The molecule has 0 saturated carbocycles. The fourth-order valence-electron chi connectivity index (χ4n) is 1.22. The second kappa shape index (κ2) is 6.19. The minimum atomic E-state index is -0.208. The lowest BCUT2D eigenvalue weighted by Gasteiger charge is -2.13. The molecule has 1 N–H and O–H groups in total. The van der Waals surface area contributed by atoms with Gasteiger partial charge in [-0.25, -0.2) is 0 Å². The summed E-state index contributed by atoms with van der Waals surface area (Å²) < 4.78 is 0. The van der Waals surface area contributed by atoms with E-state index in [1.165, 1.54) is 0 Å². The highest BCUT2D eigenvalue weighted by Crippen LogP contribution is 2.10. The third kappa shape index (κ3) is 4.13. The molecule has 1 atom stereocenters. The zero-order valence-corrected chi connectivity index (χ0v) is 9.19. The van der Waals surface area contributed by atoms with Crippen molar-refractivity contribution in [1.29, 1.82) is 0 Å². The van der Waals surface area contributed by atoms with Crippen LogP contribution in [0.15, 0.2) is 30.3 Å². The molecule has 1 aromatic carbocycles. The molecule has 0 radical (unpaired) electrons. The fourth-order valence-corrected chi connectivity index (χ4v) is 1.22. The van der Waals surface area contributed by atoms with Gasteiger partial charge < -0.3 is 4.84 Å². The topological polar surface area (TPSA) is 38.3 Å². The standard InChI is InChI=1S/C12H17NO2/c1-3-7-12(14)15-13-10(2)11-8-5-4-6-9-11/h4-6,8-10,13H,3,7H2,1-2H3/t10-/m1/s1. The van der Waals surface area contributed by atoms with Crippen molar-refractivity contribution in [3.8, 4) is 0 Å². The number of hydrogen-bond donors (Lipinski definition) is 1. The van der Waals surface area contributed by atoms with Crippen LogP contribution in [0.25, 0.3) is 0 Å². The van der Waals surface area contributed by atoms with E-state index in [2.05, 4.69) is 5.48 Å². The Kier molecular flexibility index (Phi) is 4.84. The molecule has 0 saturated heterocycles. The van der Waals surface area contributed by atoms with Crippen molar-refractivity contribution in [2.75, 3.05) is 0 Å². The van der Waals surface area contributed by atoms with Crippen LogP contribution >= 0.6 is 0 Å². The molecule has 0 aliphatic carbocycles. The van der Waals surface area contributed by atoms with Crippen molar-refractivity contribution in [2.24, 2.45) is 0 Å². The van der Waals surface area contributed by atoms with Gasteiger partial charge in [-0.1, -0.05) is 37.3 Å². The van der Waals surface area contributed by atoms with Gasteiger partial charge in [0, 0.05) is 6.42 Å². The summed E-state index contributed by atoms with van der Waals surface area (Å²) >= 11 is 0. The zero-order chi connectivity index (χ0) is 11.1. The average Bonchev–Trinajstić information content (AvgIpc) is 2.27. The van der Waals surface area contributed by atoms with E-state index in [1.807, 2.05) is 44.2 Å². The maximum atomic E-state index is 11.1. The molecule has 15 heavy (non-hydrogen) atoms. The molecule has 1 aromatic rings. The number of carbonyl (C=O) groups is 1. The predicted octanol–water partition coefficient (Wildman–Crippen LogP) is 2.60. The Balaban J connectivity index is 2.37. The minimum absolute atomic E-state index is 0.0204. The van der Waals surface area contributed by atoms with E-state index < -0.39 is 0 Å². The molecule has 1 rings (SSSR count). The summed E-state index contributed by atoms with van der Waals surface area (Å²) in [7, 11) is 0. The number of hydrogen-bond acceptors (Lipinski definition) is 3. The van der Waals surface area contributed by atoms with E-state index in [-0.39, 0.29) is 12.0 Å². The number of hydroxylamine groups is 1. The van der Waals surface area contributed by atoms with Crippen molar-refractivity contribution < 1.29 is 9.63 Å². The molecule has 0 heterocycles. The molecule has 3 heteroatoms. The number of rotatable bonds is 5. The van der Waals surface area contributed by atoms with Crippen LogP contribution in [-0.2, 0) is 9.63 Å². The highest BCUT2D eigenvalue weighted by atomic mass is 16.7. The van der Waals surface area contributed by atoms with Gasteiger partial charge in [-0.2, -0.15) is 0 Å². The van der Waals surface area contributed by atoms with Gasteiger partial charge in [-0.05, 0) is 18.9 Å². The van der Waals surface area contributed by atoms with Crippen molar-refractivity contribution >= 4 is 5.97 Å². The molecular formula is C12H17NO2. The molecule has 3 nitrogen and oxygen atoms in total. The number of carbonyl (C=O) groups excluding carboxylic acids is 1. The molecule has 82 valence electrons. The molecule has 0 aromatic heterocycles. The largest absolute Gasteiger partial charge is 0.370 e. The highest BCUT2D eigenvalue weighted by molar-refractivity contribution is 5.68. The lowest BCUT2D eigenvalue weighted by atomic mass is 10.1. The van der Waals surface area contributed by atoms with Crippen LogP contribution in [0, 0.1) is 0 Å². The van der Waals surface area contributed by atoms with Crippen molar-refractivity contribution in [2.45, 2.75) is 32.7 Å². The monoisotopic (exact) mass is 207 g/mol. The predicted molar refractivity (Wildman–Crippen MR) is 59.0 cm³/mol. The second-order valence-corrected chi connectivity index (χ2v) is 3.47. The Labute approximate surface area is 90.4 Å². The molecule has 0 fully saturated rings. The fraction of sp³-hybridized carbons (Fsp3) is 0.417. The highest BCUT2D eigenvalue weighted by Gasteiger charge is 2.07. The van der Waals surface area contributed by atoms with Crippen molar-refractivity contribution in [1.82, 2.24) is 5.48 Å². The van der Waals surface area contributed by atoms with Gasteiger partial charge >= 0.3 is 5.97 Å². The first-order valence-corrected chi connectivity index (χ1v) is 5.24. The summed E-state index contributed by atoms with van der Waals surface area (Å²) in [5, 5.41) is 0. The molecule has 0 aliphatic heterocycles. The molecular weight excluding hydrogens is 190 g/mol. The Morgan fingerprint density at radius 1 is 1.40 bits per heavy atom.